The number of hydrogen-bond donors (Lipinski definition) is 2. The number of carboxylic acids is 1. The van der Waals surface area contributed by atoms with E-state index in [9.17, 15) is 9.90 Å². The number of methoxy groups -OCH3 is 1. The number of carboxylic acid groups (broad SMARTS) is 1. The van der Waals surface area contributed by atoms with Crippen molar-refractivity contribution < 1.29 is 19.4 Å². The minimum Gasteiger partial charge on any atom is -0.493 e. The van der Waals surface area contributed by atoms with Crippen molar-refractivity contribution >= 4 is 46.4 Å². The maximum absolute atomic E-state index is 11.7. The summed E-state index contributed by atoms with van der Waals surface area (Å²) in [6.45, 7) is 2.16. The van der Waals surface area contributed by atoms with E-state index >= 15 is 0 Å². The molecule has 0 saturated heterocycles. The summed E-state index contributed by atoms with van der Waals surface area (Å²) < 4.78 is 12.2. The van der Waals surface area contributed by atoms with Crippen LogP contribution in [0.15, 0.2) is 52.5 Å². The quantitative estimate of drug-likeness (QED) is 0.255. The third-order valence-corrected chi connectivity index (χ3v) is 5.44. The van der Waals surface area contributed by atoms with E-state index in [0.717, 1.165) is 20.9 Å². The number of carbonyl (C=O) groups is 1. The van der Waals surface area contributed by atoms with Gasteiger partial charge in [-0.2, -0.15) is 0 Å². The Labute approximate surface area is 185 Å². The summed E-state index contributed by atoms with van der Waals surface area (Å²) in [5, 5.41) is 16.6. The van der Waals surface area contributed by atoms with Gasteiger partial charge in [-0.1, -0.05) is 30.3 Å². The first-order valence-corrected chi connectivity index (χ1v) is 10.4. The van der Waals surface area contributed by atoms with Crippen molar-refractivity contribution in [3.63, 3.8) is 0 Å². The van der Waals surface area contributed by atoms with E-state index in [1.165, 1.54) is 0 Å². The third-order valence-electron chi connectivity index (χ3n) is 3.76. The lowest BCUT2D eigenvalue weighted by Gasteiger charge is -2.14. The molecule has 1 aromatic heterocycles. The number of aryl methyl sites for hydroxylation is 1. The summed E-state index contributed by atoms with van der Waals surface area (Å²) in [5.41, 5.74) is 1.72. The van der Waals surface area contributed by atoms with Crippen LogP contribution in [0.1, 0.15) is 17.0 Å². The van der Waals surface area contributed by atoms with Crippen molar-refractivity contribution in [2.75, 3.05) is 7.11 Å². The summed E-state index contributed by atoms with van der Waals surface area (Å²) in [4.78, 5) is 15.9. The fourth-order valence-corrected chi connectivity index (χ4v) is 3.98. The van der Waals surface area contributed by atoms with Crippen molar-refractivity contribution in [2.45, 2.75) is 18.7 Å². The minimum absolute atomic E-state index is 0.0970. The highest BCUT2D eigenvalue weighted by atomic mass is 127. The minimum atomic E-state index is -1.06. The second-order valence-electron chi connectivity index (χ2n) is 5.93. The molecule has 0 amide bonds. The number of ether oxygens (including phenoxy) is 2. The van der Waals surface area contributed by atoms with Crippen LogP contribution in [-0.4, -0.2) is 33.4 Å². The molecule has 0 spiro atoms. The van der Waals surface area contributed by atoms with E-state index < -0.39 is 5.97 Å². The van der Waals surface area contributed by atoms with Gasteiger partial charge in [0.25, 0.3) is 0 Å². The number of rotatable bonds is 8. The lowest BCUT2D eigenvalue weighted by molar-refractivity contribution is -0.131. The molecule has 0 aliphatic rings. The number of benzene rings is 2. The van der Waals surface area contributed by atoms with Crippen LogP contribution in [0.25, 0.3) is 6.08 Å². The Morgan fingerprint density at radius 2 is 2.07 bits per heavy atom. The van der Waals surface area contributed by atoms with Gasteiger partial charge >= 0.3 is 5.97 Å². The number of nitrogens with zero attached hydrogens (tertiary/aromatic N) is 2. The van der Waals surface area contributed by atoms with Crippen molar-refractivity contribution in [2.24, 2.45) is 0 Å². The number of H-pyrrole nitrogens is 1. The predicted molar refractivity (Wildman–Crippen MR) is 119 cm³/mol. The van der Waals surface area contributed by atoms with Crippen LogP contribution >= 0.6 is 34.4 Å². The molecule has 7 nitrogen and oxygen atoms in total. The molecule has 0 aliphatic heterocycles. The first kappa shape index (κ1) is 21.2. The van der Waals surface area contributed by atoms with Gasteiger partial charge in [0.05, 0.1) is 10.7 Å². The highest BCUT2D eigenvalue weighted by Gasteiger charge is 2.16. The molecule has 3 rings (SSSR count). The van der Waals surface area contributed by atoms with Crippen molar-refractivity contribution in [1.82, 2.24) is 15.2 Å². The molecule has 29 heavy (non-hydrogen) atoms. The molecule has 1 heterocycles. The molecule has 0 radical (unpaired) electrons. The SMILES string of the molecule is COc1cc(/C=C(\Sc2n[nH]c(C)n2)C(=O)O)cc(I)c1OCc1ccccc1. The Morgan fingerprint density at radius 3 is 2.69 bits per heavy atom. The molecule has 0 aliphatic carbocycles. The van der Waals surface area contributed by atoms with Gasteiger partial charge in [0.15, 0.2) is 11.5 Å². The van der Waals surface area contributed by atoms with E-state index in [2.05, 4.69) is 37.8 Å². The van der Waals surface area contributed by atoms with Gasteiger partial charge in [-0.15, -0.1) is 5.10 Å². The molecule has 150 valence electrons. The zero-order valence-corrected chi connectivity index (χ0v) is 18.7. The average Bonchev–Trinajstić information content (AvgIpc) is 3.11. The van der Waals surface area contributed by atoms with E-state index in [1.54, 1.807) is 26.2 Å². The fraction of sp³-hybridized carbons (Fsp3) is 0.150. The van der Waals surface area contributed by atoms with Gasteiger partial charge in [0.1, 0.15) is 17.3 Å². The number of aliphatic carboxylic acids is 1. The second kappa shape index (κ2) is 9.79. The molecule has 0 fully saturated rings. The maximum Gasteiger partial charge on any atom is 0.342 e. The van der Waals surface area contributed by atoms with Crippen LogP contribution in [0.5, 0.6) is 11.5 Å². The number of hydrogen-bond acceptors (Lipinski definition) is 6. The second-order valence-corrected chi connectivity index (χ2v) is 8.10. The largest absolute Gasteiger partial charge is 0.493 e. The number of halogens is 1. The summed E-state index contributed by atoms with van der Waals surface area (Å²) in [6.07, 6.45) is 1.56. The molecular weight excluding hydrogens is 505 g/mol. The molecule has 0 unspecified atom stereocenters. The Morgan fingerprint density at radius 1 is 1.31 bits per heavy atom. The molecule has 2 N–H and O–H groups in total. The van der Waals surface area contributed by atoms with Crippen molar-refractivity contribution in [1.29, 1.82) is 0 Å². The fourth-order valence-electron chi connectivity index (χ4n) is 2.45. The average molecular weight is 523 g/mol. The summed E-state index contributed by atoms with van der Waals surface area (Å²) >= 11 is 3.13. The summed E-state index contributed by atoms with van der Waals surface area (Å²) in [6, 6.07) is 13.4. The van der Waals surface area contributed by atoms with E-state index in [0.29, 0.717) is 34.7 Å². The van der Waals surface area contributed by atoms with Crippen molar-refractivity contribution in [3.8, 4) is 11.5 Å². The highest BCUT2D eigenvalue weighted by Crippen LogP contribution is 2.36. The molecule has 0 saturated carbocycles. The third kappa shape index (κ3) is 5.73. The van der Waals surface area contributed by atoms with Gasteiger partial charge in [0, 0.05) is 0 Å². The van der Waals surface area contributed by atoms with Crippen molar-refractivity contribution in [3.05, 3.63) is 67.9 Å². The van der Waals surface area contributed by atoms with Gasteiger partial charge < -0.3 is 14.6 Å². The van der Waals surface area contributed by atoms with Crippen LogP contribution in [0.3, 0.4) is 0 Å². The van der Waals surface area contributed by atoms with Gasteiger partial charge in [-0.3, -0.25) is 5.10 Å². The first-order chi connectivity index (χ1) is 14.0. The number of aromatic amines is 1. The zero-order valence-electron chi connectivity index (χ0n) is 15.7. The standard InChI is InChI=1S/C20H18IN3O4S/c1-12-22-20(24-23-12)29-17(19(25)26)10-14-8-15(21)18(16(9-14)27-2)28-11-13-6-4-3-5-7-13/h3-10H,11H2,1-2H3,(H,25,26)(H,22,23,24)/b17-10-. The molecule has 2 aromatic carbocycles. The summed E-state index contributed by atoms with van der Waals surface area (Å²) in [7, 11) is 1.55. The lowest BCUT2D eigenvalue weighted by Crippen LogP contribution is -2.01. The highest BCUT2D eigenvalue weighted by molar-refractivity contribution is 14.1. The Bertz CT molecular complexity index is 1040. The van der Waals surface area contributed by atoms with E-state index in [4.69, 9.17) is 9.47 Å². The predicted octanol–water partition coefficient (Wildman–Crippen LogP) is 4.52. The lowest BCUT2D eigenvalue weighted by atomic mass is 10.2. The smallest absolute Gasteiger partial charge is 0.342 e. The Balaban J connectivity index is 1.86. The monoisotopic (exact) mass is 523 g/mol. The zero-order chi connectivity index (χ0) is 20.8. The van der Waals surface area contributed by atoms with E-state index in [-0.39, 0.29) is 4.91 Å². The summed E-state index contributed by atoms with van der Waals surface area (Å²) in [5.74, 6) is 0.704. The van der Waals surface area contributed by atoms with Gasteiger partial charge in [0.2, 0.25) is 5.16 Å². The Kier molecular flexibility index (Phi) is 7.15. The van der Waals surface area contributed by atoms with E-state index in [1.807, 2.05) is 36.4 Å². The molecule has 9 heteroatoms. The molecule has 3 aromatic rings. The van der Waals surface area contributed by atoms with Crippen LogP contribution < -0.4 is 9.47 Å². The van der Waals surface area contributed by atoms with Gasteiger partial charge in [-0.05, 0) is 70.6 Å². The van der Waals surface area contributed by atoms with Crippen LogP contribution in [0.4, 0.5) is 0 Å². The van der Waals surface area contributed by atoms with Crippen LogP contribution in [0.2, 0.25) is 0 Å². The molecule has 0 atom stereocenters. The number of thioether (sulfide) groups is 1. The number of aromatic nitrogens is 3. The van der Waals surface area contributed by atoms with Gasteiger partial charge in [-0.25, -0.2) is 9.78 Å². The maximum atomic E-state index is 11.7. The van der Waals surface area contributed by atoms with Crippen LogP contribution in [-0.2, 0) is 11.4 Å². The van der Waals surface area contributed by atoms with Crippen LogP contribution in [0, 0.1) is 10.5 Å². The molecular formula is C20H18IN3O4S. The Hall–Kier alpha value is -2.53. The molecule has 0 bridgehead atoms. The normalized spacial score (nSPS) is 11.3. The topological polar surface area (TPSA) is 97.3 Å². The number of nitrogens with one attached hydrogen (secondary N) is 1. The first-order valence-electron chi connectivity index (χ1n) is 8.52.